The van der Waals surface area contributed by atoms with Gasteiger partial charge in [0.2, 0.25) is 0 Å². The van der Waals surface area contributed by atoms with Crippen molar-refractivity contribution in [2.45, 2.75) is 0 Å². The molecule has 1 aromatic rings. The zero-order chi connectivity index (χ0) is 9.84. The molecule has 3 nitrogen and oxygen atoms in total. The van der Waals surface area contributed by atoms with Crippen molar-refractivity contribution < 1.29 is 9.90 Å². The largest absolute Gasteiger partial charge is 0.478 e. The molecule has 0 unspecified atom stereocenters. The zero-order valence-electron chi connectivity index (χ0n) is 6.70. The van der Waals surface area contributed by atoms with E-state index in [-0.39, 0.29) is 0 Å². The van der Waals surface area contributed by atoms with E-state index in [1.165, 1.54) is 6.08 Å². The number of anilines is 1. The molecular formula is C9H8ClNO2. The molecule has 0 bridgehead atoms. The van der Waals surface area contributed by atoms with Crippen LogP contribution in [0.15, 0.2) is 24.3 Å². The van der Waals surface area contributed by atoms with Crippen LogP contribution < -0.4 is 5.73 Å². The van der Waals surface area contributed by atoms with Gasteiger partial charge in [-0.3, -0.25) is 0 Å². The van der Waals surface area contributed by atoms with Crippen LogP contribution in [0.2, 0.25) is 5.02 Å². The molecule has 0 saturated carbocycles. The minimum Gasteiger partial charge on any atom is -0.478 e. The Morgan fingerprint density at radius 1 is 1.54 bits per heavy atom. The summed E-state index contributed by atoms with van der Waals surface area (Å²) < 4.78 is 0. The van der Waals surface area contributed by atoms with Gasteiger partial charge in [-0.1, -0.05) is 11.6 Å². The minimum atomic E-state index is -1.01. The number of rotatable bonds is 2. The molecule has 0 aliphatic carbocycles. The van der Waals surface area contributed by atoms with Gasteiger partial charge in [0, 0.05) is 16.8 Å². The van der Waals surface area contributed by atoms with E-state index in [0.717, 1.165) is 6.08 Å². The zero-order valence-corrected chi connectivity index (χ0v) is 7.45. The Bertz CT molecular complexity index is 361. The van der Waals surface area contributed by atoms with Gasteiger partial charge in [0.25, 0.3) is 0 Å². The molecule has 0 fully saturated rings. The van der Waals surface area contributed by atoms with Crippen molar-refractivity contribution in [1.29, 1.82) is 0 Å². The predicted octanol–water partition coefficient (Wildman–Crippen LogP) is 2.02. The van der Waals surface area contributed by atoms with Gasteiger partial charge in [-0.05, 0) is 29.8 Å². The summed E-state index contributed by atoms with van der Waals surface area (Å²) in [6.45, 7) is 0. The highest BCUT2D eigenvalue weighted by Crippen LogP contribution is 2.18. The molecule has 0 saturated heterocycles. The fourth-order valence-electron chi connectivity index (χ4n) is 0.851. The van der Waals surface area contributed by atoms with Gasteiger partial charge in [0.15, 0.2) is 0 Å². The third-order valence-electron chi connectivity index (χ3n) is 1.45. The lowest BCUT2D eigenvalue weighted by atomic mass is 10.1. The second-order valence-corrected chi connectivity index (χ2v) is 2.88. The van der Waals surface area contributed by atoms with Gasteiger partial charge in [0.1, 0.15) is 0 Å². The van der Waals surface area contributed by atoms with Crippen LogP contribution in [0, 0.1) is 0 Å². The standard InChI is InChI=1S/C9H8ClNO2/c10-7-2-3-8(11)6(5-7)1-4-9(12)13/h1-5H,11H2,(H,12,13). The van der Waals surface area contributed by atoms with Crippen LogP contribution in [0.25, 0.3) is 6.08 Å². The van der Waals surface area contributed by atoms with E-state index < -0.39 is 5.97 Å². The van der Waals surface area contributed by atoms with Crippen LogP contribution in [-0.4, -0.2) is 11.1 Å². The predicted molar refractivity (Wildman–Crippen MR) is 52.5 cm³/mol. The Morgan fingerprint density at radius 3 is 2.85 bits per heavy atom. The highest BCUT2D eigenvalue weighted by atomic mass is 35.5. The van der Waals surface area contributed by atoms with Crippen molar-refractivity contribution >= 4 is 29.3 Å². The summed E-state index contributed by atoms with van der Waals surface area (Å²) in [4.78, 5) is 10.2. The van der Waals surface area contributed by atoms with Gasteiger partial charge in [-0.15, -0.1) is 0 Å². The van der Waals surface area contributed by atoms with Crippen molar-refractivity contribution in [3.8, 4) is 0 Å². The van der Waals surface area contributed by atoms with E-state index in [4.69, 9.17) is 22.4 Å². The quantitative estimate of drug-likeness (QED) is 0.563. The molecule has 0 spiro atoms. The highest BCUT2D eigenvalue weighted by Gasteiger charge is 1.96. The number of aliphatic carboxylic acids is 1. The summed E-state index contributed by atoms with van der Waals surface area (Å²) in [6.07, 6.45) is 2.42. The maximum atomic E-state index is 10.2. The normalized spacial score (nSPS) is 10.5. The first-order valence-corrected chi connectivity index (χ1v) is 3.93. The Labute approximate surface area is 80.4 Å². The van der Waals surface area contributed by atoms with Crippen LogP contribution in [0.3, 0.4) is 0 Å². The third kappa shape index (κ3) is 2.80. The van der Waals surface area contributed by atoms with Gasteiger partial charge in [-0.25, -0.2) is 4.79 Å². The summed E-state index contributed by atoms with van der Waals surface area (Å²) in [5, 5.41) is 8.90. The fourth-order valence-corrected chi connectivity index (χ4v) is 1.03. The lowest BCUT2D eigenvalue weighted by Gasteiger charge is -1.99. The van der Waals surface area contributed by atoms with Crippen molar-refractivity contribution in [3.63, 3.8) is 0 Å². The fraction of sp³-hybridized carbons (Fsp3) is 0. The monoisotopic (exact) mass is 197 g/mol. The highest BCUT2D eigenvalue weighted by molar-refractivity contribution is 6.30. The summed E-state index contributed by atoms with van der Waals surface area (Å²) in [7, 11) is 0. The number of carboxylic acids is 1. The van der Waals surface area contributed by atoms with Gasteiger partial charge in [0.05, 0.1) is 0 Å². The molecule has 0 aliphatic rings. The second kappa shape index (κ2) is 3.96. The number of benzene rings is 1. The molecule has 0 heterocycles. The first-order valence-electron chi connectivity index (χ1n) is 3.55. The smallest absolute Gasteiger partial charge is 0.328 e. The Morgan fingerprint density at radius 2 is 2.23 bits per heavy atom. The molecule has 0 aliphatic heterocycles. The van der Waals surface area contributed by atoms with E-state index in [9.17, 15) is 4.79 Å². The lowest BCUT2D eigenvalue weighted by molar-refractivity contribution is -0.131. The second-order valence-electron chi connectivity index (χ2n) is 2.44. The Balaban J connectivity index is 3.00. The lowest BCUT2D eigenvalue weighted by Crippen LogP contribution is -1.90. The van der Waals surface area contributed by atoms with E-state index in [2.05, 4.69) is 0 Å². The van der Waals surface area contributed by atoms with E-state index >= 15 is 0 Å². The number of carboxylic acid groups (broad SMARTS) is 1. The molecule has 0 aromatic heterocycles. The summed E-state index contributed by atoms with van der Waals surface area (Å²) >= 11 is 5.70. The van der Waals surface area contributed by atoms with Crippen LogP contribution in [0.5, 0.6) is 0 Å². The Kier molecular flexibility index (Phi) is 2.93. The van der Waals surface area contributed by atoms with Crippen molar-refractivity contribution in [1.82, 2.24) is 0 Å². The topological polar surface area (TPSA) is 63.3 Å². The van der Waals surface area contributed by atoms with Gasteiger partial charge >= 0.3 is 5.97 Å². The van der Waals surface area contributed by atoms with Crippen molar-refractivity contribution in [3.05, 3.63) is 34.9 Å². The summed E-state index contributed by atoms with van der Waals surface area (Å²) in [5.74, 6) is -1.01. The SMILES string of the molecule is Nc1ccc(Cl)cc1C=CC(=O)O. The van der Waals surface area contributed by atoms with E-state index in [0.29, 0.717) is 16.3 Å². The molecule has 0 amide bonds. The first kappa shape index (κ1) is 9.61. The molecule has 68 valence electrons. The maximum absolute atomic E-state index is 10.2. The van der Waals surface area contributed by atoms with Crippen LogP contribution in [0.1, 0.15) is 5.56 Å². The van der Waals surface area contributed by atoms with Crippen LogP contribution in [-0.2, 0) is 4.79 Å². The molecule has 0 radical (unpaired) electrons. The Hall–Kier alpha value is -1.48. The van der Waals surface area contributed by atoms with Gasteiger partial charge < -0.3 is 10.8 Å². The molecule has 1 rings (SSSR count). The van der Waals surface area contributed by atoms with E-state index in [1.54, 1.807) is 18.2 Å². The number of hydrogen-bond acceptors (Lipinski definition) is 2. The van der Waals surface area contributed by atoms with Crippen molar-refractivity contribution in [2.75, 3.05) is 5.73 Å². The van der Waals surface area contributed by atoms with E-state index in [1.807, 2.05) is 0 Å². The maximum Gasteiger partial charge on any atom is 0.328 e. The summed E-state index contributed by atoms with van der Waals surface area (Å²) in [6, 6.07) is 4.88. The molecule has 1 aromatic carbocycles. The van der Waals surface area contributed by atoms with Crippen LogP contribution in [0.4, 0.5) is 5.69 Å². The number of nitrogens with two attached hydrogens (primary N) is 1. The molecule has 3 N–H and O–H groups in total. The third-order valence-corrected chi connectivity index (χ3v) is 1.69. The number of halogens is 1. The average Bonchev–Trinajstić information content (AvgIpc) is 2.06. The first-order chi connectivity index (χ1) is 6.09. The van der Waals surface area contributed by atoms with Gasteiger partial charge in [-0.2, -0.15) is 0 Å². The minimum absolute atomic E-state index is 0.502. The average molecular weight is 198 g/mol. The molecular weight excluding hydrogens is 190 g/mol. The molecule has 4 heteroatoms. The number of carbonyl (C=O) groups is 1. The number of nitrogen functional groups attached to an aromatic ring is 1. The van der Waals surface area contributed by atoms with Crippen molar-refractivity contribution in [2.24, 2.45) is 0 Å². The van der Waals surface area contributed by atoms with Crippen LogP contribution >= 0.6 is 11.6 Å². The molecule has 13 heavy (non-hydrogen) atoms. The number of hydrogen-bond donors (Lipinski definition) is 2. The summed E-state index contributed by atoms with van der Waals surface area (Å²) in [5.41, 5.74) is 6.68. The molecule has 0 atom stereocenters.